The largest absolute Gasteiger partial charge is 0.397 e. The molecule has 5 heteroatoms. The fourth-order valence-electron chi connectivity index (χ4n) is 2.49. The Balaban J connectivity index is 1.59. The summed E-state index contributed by atoms with van der Waals surface area (Å²) in [5, 5.41) is 6.05. The maximum Gasteiger partial charge on any atom is 0.248 e. The van der Waals surface area contributed by atoms with Crippen molar-refractivity contribution in [3.05, 3.63) is 89.6 Å². The van der Waals surface area contributed by atoms with E-state index in [2.05, 4.69) is 46.8 Å². The summed E-state index contributed by atoms with van der Waals surface area (Å²) in [6.07, 6.45) is 3.12. The van der Waals surface area contributed by atoms with E-state index in [-0.39, 0.29) is 5.91 Å². The van der Waals surface area contributed by atoms with E-state index in [1.807, 2.05) is 30.3 Å². The van der Waals surface area contributed by atoms with Crippen molar-refractivity contribution in [3.8, 4) is 0 Å². The zero-order valence-electron chi connectivity index (χ0n) is 15.1. The van der Waals surface area contributed by atoms with Crippen molar-refractivity contribution in [2.45, 2.75) is 13.5 Å². The van der Waals surface area contributed by atoms with Gasteiger partial charge in [0.2, 0.25) is 5.91 Å². The molecule has 0 spiro atoms. The molecule has 0 saturated carbocycles. The summed E-state index contributed by atoms with van der Waals surface area (Å²) in [5.74, 6) is 0.498. The Morgan fingerprint density at radius 1 is 1.04 bits per heavy atom. The molecule has 0 saturated heterocycles. The van der Waals surface area contributed by atoms with Gasteiger partial charge in [0.05, 0.1) is 17.1 Å². The maximum absolute atomic E-state index is 12.1. The van der Waals surface area contributed by atoms with Crippen LogP contribution in [0.25, 0.3) is 6.08 Å². The van der Waals surface area contributed by atoms with Crippen LogP contribution in [0, 0.1) is 6.92 Å². The Bertz CT molecular complexity index is 949. The second kappa shape index (κ2) is 8.67. The van der Waals surface area contributed by atoms with Crippen LogP contribution >= 0.6 is 0 Å². The molecule has 1 amide bonds. The summed E-state index contributed by atoms with van der Waals surface area (Å²) in [5.41, 5.74) is 10.1. The number of aryl methyl sites for hydroxylation is 1. The first-order valence-corrected chi connectivity index (χ1v) is 8.70. The molecule has 1 aromatic heterocycles. The molecule has 0 bridgehead atoms. The third-order valence-corrected chi connectivity index (χ3v) is 3.99. The first-order chi connectivity index (χ1) is 13.1. The lowest BCUT2D eigenvalue weighted by Gasteiger charge is -2.07. The molecular weight excluding hydrogens is 336 g/mol. The van der Waals surface area contributed by atoms with Gasteiger partial charge in [-0.05, 0) is 42.8 Å². The van der Waals surface area contributed by atoms with Crippen LogP contribution in [0.2, 0.25) is 0 Å². The number of hydrogen-bond donors (Lipinski definition) is 3. The minimum Gasteiger partial charge on any atom is -0.397 e. The second-order valence-electron chi connectivity index (χ2n) is 6.20. The molecule has 0 atom stereocenters. The molecule has 3 aromatic rings. The van der Waals surface area contributed by atoms with E-state index in [0.717, 1.165) is 5.82 Å². The number of nitrogens with zero attached hydrogens (tertiary/aromatic N) is 1. The normalized spacial score (nSPS) is 10.7. The average Bonchev–Trinajstić information content (AvgIpc) is 2.68. The Hall–Kier alpha value is -3.60. The number of amides is 1. The highest BCUT2D eigenvalue weighted by Crippen LogP contribution is 2.16. The van der Waals surface area contributed by atoms with E-state index in [1.165, 1.54) is 17.2 Å². The topological polar surface area (TPSA) is 80.0 Å². The number of anilines is 3. The molecule has 0 aliphatic heterocycles. The standard InChI is InChI=1S/C22H22N4O/c1-16-9-11-17(12-10-16)15-24-21-8-4-5-18(25-21)13-14-22(27)26-20-7-3-2-6-19(20)23/h2-14H,15,23H2,1H3,(H,24,25)(H,26,27)/b14-13+. The van der Waals surface area contributed by atoms with Gasteiger partial charge in [-0.15, -0.1) is 0 Å². The average molecular weight is 358 g/mol. The number of nitrogens with two attached hydrogens (primary N) is 1. The molecule has 27 heavy (non-hydrogen) atoms. The first kappa shape index (κ1) is 18.2. The number of aromatic nitrogens is 1. The fraction of sp³-hybridized carbons (Fsp3) is 0.0909. The molecule has 4 N–H and O–H groups in total. The van der Waals surface area contributed by atoms with Gasteiger partial charge in [0.15, 0.2) is 0 Å². The summed E-state index contributed by atoms with van der Waals surface area (Å²) in [7, 11) is 0. The van der Waals surface area contributed by atoms with Crippen molar-refractivity contribution in [2.75, 3.05) is 16.4 Å². The molecule has 0 aliphatic rings. The number of para-hydroxylation sites is 2. The van der Waals surface area contributed by atoms with Crippen molar-refractivity contribution < 1.29 is 4.79 Å². The number of pyridine rings is 1. The van der Waals surface area contributed by atoms with E-state index >= 15 is 0 Å². The van der Waals surface area contributed by atoms with E-state index in [1.54, 1.807) is 18.2 Å². The minimum atomic E-state index is -0.257. The van der Waals surface area contributed by atoms with Crippen molar-refractivity contribution in [3.63, 3.8) is 0 Å². The summed E-state index contributed by atoms with van der Waals surface area (Å²) in [6.45, 7) is 2.76. The molecule has 1 heterocycles. The minimum absolute atomic E-state index is 0.257. The predicted molar refractivity (Wildman–Crippen MR) is 111 cm³/mol. The molecule has 0 aliphatic carbocycles. The van der Waals surface area contributed by atoms with Gasteiger partial charge in [0.25, 0.3) is 0 Å². The predicted octanol–water partition coefficient (Wildman–Crippen LogP) is 4.24. The number of hydrogen-bond acceptors (Lipinski definition) is 4. The highest BCUT2D eigenvalue weighted by Gasteiger charge is 2.02. The van der Waals surface area contributed by atoms with Gasteiger partial charge in [0.1, 0.15) is 5.82 Å². The highest BCUT2D eigenvalue weighted by atomic mass is 16.1. The van der Waals surface area contributed by atoms with E-state index in [0.29, 0.717) is 23.6 Å². The molecule has 0 unspecified atom stereocenters. The lowest BCUT2D eigenvalue weighted by molar-refractivity contribution is -0.111. The Labute approximate surface area is 159 Å². The van der Waals surface area contributed by atoms with E-state index < -0.39 is 0 Å². The van der Waals surface area contributed by atoms with Crippen LogP contribution in [0.5, 0.6) is 0 Å². The molecule has 0 fully saturated rings. The SMILES string of the molecule is Cc1ccc(CNc2cccc(/C=C/C(=O)Nc3ccccc3N)n2)cc1. The third kappa shape index (κ3) is 5.44. The highest BCUT2D eigenvalue weighted by molar-refractivity contribution is 6.03. The van der Waals surface area contributed by atoms with Gasteiger partial charge in [0, 0.05) is 12.6 Å². The Morgan fingerprint density at radius 2 is 1.81 bits per heavy atom. The number of rotatable bonds is 6. The number of carbonyl (C=O) groups excluding carboxylic acids is 1. The first-order valence-electron chi connectivity index (χ1n) is 8.70. The van der Waals surface area contributed by atoms with Crippen molar-refractivity contribution in [2.24, 2.45) is 0 Å². The van der Waals surface area contributed by atoms with Crippen LogP contribution in [-0.4, -0.2) is 10.9 Å². The number of nitrogen functional groups attached to an aromatic ring is 1. The van der Waals surface area contributed by atoms with Crippen molar-refractivity contribution >= 4 is 29.2 Å². The molecular formula is C22H22N4O. The van der Waals surface area contributed by atoms with Crippen molar-refractivity contribution in [1.82, 2.24) is 4.98 Å². The van der Waals surface area contributed by atoms with Gasteiger partial charge in [-0.2, -0.15) is 0 Å². The molecule has 2 aromatic carbocycles. The lowest BCUT2D eigenvalue weighted by Crippen LogP contribution is -2.09. The third-order valence-electron chi connectivity index (χ3n) is 3.99. The van der Waals surface area contributed by atoms with Gasteiger partial charge >= 0.3 is 0 Å². The van der Waals surface area contributed by atoms with Crippen LogP contribution in [0.1, 0.15) is 16.8 Å². The van der Waals surface area contributed by atoms with Gasteiger partial charge < -0.3 is 16.4 Å². The van der Waals surface area contributed by atoms with Crippen LogP contribution in [-0.2, 0) is 11.3 Å². The lowest BCUT2D eigenvalue weighted by atomic mass is 10.1. The molecule has 136 valence electrons. The molecule has 5 nitrogen and oxygen atoms in total. The number of nitrogens with one attached hydrogen (secondary N) is 2. The van der Waals surface area contributed by atoms with Crippen LogP contribution in [0.15, 0.2) is 72.8 Å². The van der Waals surface area contributed by atoms with Crippen LogP contribution in [0.4, 0.5) is 17.2 Å². The van der Waals surface area contributed by atoms with Gasteiger partial charge in [-0.25, -0.2) is 4.98 Å². The van der Waals surface area contributed by atoms with Crippen molar-refractivity contribution in [1.29, 1.82) is 0 Å². The van der Waals surface area contributed by atoms with Crippen LogP contribution < -0.4 is 16.4 Å². The zero-order chi connectivity index (χ0) is 19.1. The summed E-state index contributed by atoms with van der Waals surface area (Å²) < 4.78 is 0. The quantitative estimate of drug-likeness (QED) is 0.455. The zero-order valence-corrected chi connectivity index (χ0v) is 15.1. The summed E-state index contributed by atoms with van der Waals surface area (Å²) >= 11 is 0. The van der Waals surface area contributed by atoms with E-state index in [9.17, 15) is 4.79 Å². The maximum atomic E-state index is 12.1. The smallest absolute Gasteiger partial charge is 0.248 e. The number of benzene rings is 2. The summed E-state index contributed by atoms with van der Waals surface area (Å²) in [4.78, 5) is 16.6. The number of carbonyl (C=O) groups is 1. The Kier molecular flexibility index (Phi) is 5.84. The van der Waals surface area contributed by atoms with Gasteiger partial charge in [-0.1, -0.05) is 48.0 Å². The monoisotopic (exact) mass is 358 g/mol. The van der Waals surface area contributed by atoms with Crippen LogP contribution in [0.3, 0.4) is 0 Å². The second-order valence-corrected chi connectivity index (χ2v) is 6.20. The van der Waals surface area contributed by atoms with E-state index in [4.69, 9.17) is 5.73 Å². The molecule has 0 radical (unpaired) electrons. The fourth-order valence-corrected chi connectivity index (χ4v) is 2.49. The Morgan fingerprint density at radius 3 is 2.59 bits per heavy atom. The van der Waals surface area contributed by atoms with Gasteiger partial charge in [-0.3, -0.25) is 4.79 Å². The molecule has 3 rings (SSSR count). The summed E-state index contributed by atoms with van der Waals surface area (Å²) in [6, 6.07) is 21.1.